The average molecular weight is 184 g/mol. The van der Waals surface area contributed by atoms with Gasteiger partial charge in [-0.2, -0.15) is 0 Å². The summed E-state index contributed by atoms with van der Waals surface area (Å²) in [6.45, 7) is 9.19. The first kappa shape index (κ1) is 13.0. The second-order valence-corrected chi connectivity index (χ2v) is 5.08. The topological polar surface area (TPSA) is 0 Å². The first-order valence-corrected chi connectivity index (χ1v) is 6.12. The fourth-order valence-corrected chi connectivity index (χ4v) is 1.83. The van der Waals surface area contributed by atoms with Crippen LogP contribution < -0.4 is 0 Å². The summed E-state index contributed by atoms with van der Waals surface area (Å²) in [5, 5.41) is 0. The molecule has 1 aliphatic carbocycles. The van der Waals surface area contributed by atoms with Crippen LogP contribution in [0, 0.1) is 5.41 Å². The lowest BCUT2D eigenvalue weighted by Gasteiger charge is -2.13. The van der Waals surface area contributed by atoms with Crippen LogP contribution in [0.4, 0.5) is 0 Å². The largest absolute Gasteiger partial charge is 0.0654 e. The molecular weight excluding hydrogens is 156 g/mol. The number of unbranched alkanes of at least 4 members (excludes halogenated alkanes) is 3. The highest BCUT2D eigenvalue weighted by Crippen LogP contribution is 2.36. The van der Waals surface area contributed by atoms with Gasteiger partial charge in [-0.1, -0.05) is 66.2 Å². The van der Waals surface area contributed by atoms with Crippen molar-refractivity contribution in [1.29, 1.82) is 0 Å². The van der Waals surface area contributed by atoms with Gasteiger partial charge in [-0.25, -0.2) is 0 Å². The van der Waals surface area contributed by atoms with Gasteiger partial charge in [0.2, 0.25) is 0 Å². The normalized spacial score (nSPS) is 19.4. The van der Waals surface area contributed by atoms with Crippen molar-refractivity contribution >= 4 is 0 Å². The van der Waals surface area contributed by atoms with Crippen LogP contribution in [0.1, 0.15) is 79.1 Å². The van der Waals surface area contributed by atoms with Crippen molar-refractivity contribution in [2.24, 2.45) is 5.41 Å². The molecule has 0 aromatic heterocycles. The number of hydrogen-bond donors (Lipinski definition) is 0. The molecule has 0 aliphatic heterocycles. The summed E-state index contributed by atoms with van der Waals surface area (Å²) in [7, 11) is 0. The Kier molecular flexibility index (Phi) is 7.41. The molecule has 0 atom stereocenters. The Hall–Kier alpha value is 0. The van der Waals surface area contributed by atoms with Gasteiger partial charge in [0.05, 0.1) is 0 Å². The minimum atomic E-state index is 0.694. The van der Waals surface area contributed by atoms with Gasteiger partial charge >= 0.3 is 0 Å². The van der Waals surface area contributed by atoms with Crippen molar-refractivity contribution < 1.29 is 0 Å². The maximum absolute atomic E-state index is 2.36. The lowest BCUT2D eigenvalue weighted by atomic mass is 9.92. The van der Waals surface area contributed by atoms with Gasteiger partial charge < -0.3 is 0 Å². The fraction of sp³-hybridized carbons (Fsp3) is 1.00. The lowest BCUT2D eigenvalue weighted by Crippen LogP contribution is -2.01. The molecule has 0 nitrogen and oxygen atoms in total. The molecule has 1 aliphatic rings. The first-order valence-electron chi connectivity index (χ1n) is 6.12. The number of hydrogen-bond acceptors (Lipinski definition) is 0. The maximum Gasteiger partial charge on any atom is -0.0354 e. The summed E-state index contributed by atoms with van der Waals surface area (Å²) >= 11 is 0. The summed E-state index contributed by atoms with van der Waals surface area (Å²) in [5.74, 6) is 0. The molecule has 13 heavy (non-hydrogen) atoms. The van der Waals surface area contributed by atoms with E-state index in [0.29, 0.717) is 5.41 Å². The Morgan fingerprint density at radius 1 is 0.846 bits per heavy atom. The van der Waals surface area contributed by atoms with Gasteiger partial charge in [-0.15, -0.1) is 0 Å². The van der Waals surface area contributed by atoms with Crippen LogP contribution in [0.3, 0.4) is 0 Å². The minimum absolute atomic E-state index is 0.694. The van der Waals surface area contributed by atoms with Crippen molar-refractivity contribution in [3.05, 3.63) is 0 Å². The Morgan fingerprint density at radius 3 is 1.38 bits per heavy atom. The van der Waals surface area contributed by atoms with Gasteiger partial charge in [0.25, 0.3) is 0 Å². The fourth-order valence-electron chi connectivity index (χ4n) is 1.83. The van der Waals surface area contributed by atoms with Gasteiger partial charge in [-0.3, -0.25) is 0 Å². The molecule has 0 aromatic rings. The molecule has 0 unspecified atom stereocenters. The molecule has 1 rings (SSSR count). The summed E-state index contributed by atoms with van der Waals surface area (Å²) in [4.78, 5) is 0. The zero-order valence-corrected chi connectivity index (χ0v) is 10.2. The van der Waals surface area contributed by atoms with Crippen LogP contribution in [0.25, 0.3) is 0 Å². The van der Waals surface area contributed by atoms with Crippen molar-refractivity contribution in [2.75, 3.05) is 0 Å². The predicted octanol–water partition coefficient (Wildman–Crippen LogP) is 5.17. The zero-order valence-electron chi connectivity index (χ0n) is 10.2. The Morgan fingerprint density at radius 2 is 1.23 bits per heavy atom. The lowest BCUT2D eigenvalue weighted by molar-refractivity contribution is 0.382. The predicted molar refractivity (Wildman–Crippen MR) is 62.1 cm³/mol. The SMILES string of the molecule is CC1(C)CCCC1.CCCCCC. The molecule has 0 radical (unpaired) electrons. The second-order valence-electron chi connectivity index (χ2n) is 5.08. The van der Waals surface area contributed by atoms with E-state index in [2.05, 4.69) is 27.7 Å². The smallest absolute Gasteiger partial charge is 0.0354 e. The summed E-state index contributed by atoms with van der Waals surface area (Å²) < 4.78 is 0. The van der Waals surface area contributed by atoms with E-state index in [-0.39, 0.29) is 0 Å². The monoisotopic (exact) mass is 184 g/mol. The van der Waals surface area contributed by atoms with E-state index in [4.69, 9.17) is 0 Å². The molecule has 0 saturated heterocycles. The van der Waals surface area contributed by atoms with Crippen LogP contribution in [-0.4, -0.2) is 0 Å². The minimum Gasteiger partial charge on any atom is -0.0654 e. The van der Waals surface area contributed by atoms with E-state index < -0.39 is 0 Å². The second kappa shape index (κ2) is 7.41. The Bertz CT molecular complexity index is 90.6. The van der Waals surface area contributed by atoms with Crippen molar-refractivity contribution in [2.45, 2.75) is 79.1 Å². The van der Waals surface area contributed by atoms with Gasteiger partial charge in [0, 0.05) is 0 Å². The third kappa shape index (κ3) is 8.33. The highest BCUT2D eigenvalue weighted by atomic mass is 14.3. The third-order valence-corrected chi connectivity index (χ3v) is 2.91. The third-order valence-electron chi connectivity index (χ3n) is 2.91. The van der Waals surface area contributed by atoms with E-state index >= 15 is 0 Å². The molecular formula is C13H28. The van der Waals surface area contributed by atoms with Gasteiger partial charge in [0.15, 0.2) is 0 Å². The Labute approximate surface area is 85.1 Å². The van der Waals surface area contributed by atoms with Crippen LogP contribution in [0.2, 0.25) is 0 Å². The van der Waals surface area contributed by atoms with E-state index in [1.54, 1.807) is 0 Å². The summed E-state index contributed by atoms with van der Waals surface area (Å²) in [5.41, 5.74) is 0.694. The maximum atomic E-state index is 2.36. The highest BCUT2D eigenvalue weighted by Gasteiger charge is 2.21. The molecule has 1 saturated carbocycles. The van der Waals surface area contributed by atoms with E-state index in [0.717, 1.165) is 0 Å². The quantitative estimate of drug-likeness (QED) is 0.531. The average Bonchev–Trinajstić information content (AvgIpc) is 2.47. The molecule has 0 amide bonds. The summed E-state index contributed by atoms with van der Waals surface area (Å²) in [6.07, 6.45) is 11.4. The van der Waals surface area contributed by atoms with Crippen LogP contribution in [0.5, 0.6) is 0 Å². The Balaban J connectivity index is 0.000000226. The van der Waals surface area contributed by atoms with E-state index in [1.807, 2.05) is 0 Å². The molecule has 1 fully saturated rings. The molecule has 0 heteroatoms. The van der Waals surface area contributed by atoms with Crippen molar-refractivity contribution in [3.63, 3.8) is 0 Å². The van der Waals surface area contributed by atoms with Gasteiger partial charge in [0.1, 0.15) is 0 Å². The highest BCUT2D eigenvalue weighted by molar-refractivity contribution is 4.74. The standard InChI is InChI=1S/C7H14.C6H14/c1-7(2)5-3-4-6-7;1-3-5-6-4-2/h3-6H2,1-2H3;3-6H2,1-2H3. The van der Waals surface area contributed by atoms with Crippen LogP contribution in [-0.2, 0) is 0 Å². The molecule has 0 N–H and O–H groups in total. The van der Waals surface area contributed by atoms with Crippen molar-refractivity contribution in [1.82, 2.24) is 0 Å². The van der Waals surface area contributed by atoms with Gasteiger partial charge in [-0.05, 0) is 18.3 Å². The van der Waals surface area contributed by atoms with Crippen LogP contribution >= 0.6 is 0 Å². The first-order chi connectivity index (χ1) is 6.12. The molecule has 0 spiro atoms. The van der Waals surface area contributed by atoms with Crippen LogP contribution in [0.15, 0.2) is 0 Å². The molecule has 80 valence electrons. The number of rotatable bonds is 3. The van der Waals surface area contributed by atoms with E-state index in [1.165, 1.54) is 51.4 Å². The molecule has 0 aromatic carbocycles. The van der Waals surface area contributed by atoms with E-state index in [9.17, 15) is 0 Å². The zero-order chi connectivity index (χ0) is 10.2. The van der Waals surface area contributed by atoms with Crippen molar-refractivity contribution in [3.8, 4) is 0 Å². The molecule has 0 bridgehead atoms. The molecule has 0 heterocycles. The summed E-state index contributed by atoms with van der Waals surface area (Å²) in [6, 6.07) is 0.